The van der Waals surface area contributed by atoms with Gasteiger partial charge in [-0.05, 0) is 43.0 Å². The van der Waals surface area contributed by atoms with Crippen LogP contribution in [-0.4, -0.2) is 37.0 Å². The third-order valence-electron chi connectivity index (χ3n) is 5.36. The average Bonchev–Trinajstić information content (AvgIpc) is 2.92. The highest BCUT2D eigenvalue weighted by Gasteiger charge is 2.27. The molecule has 0 unspecified atom stereocenters. The zero-order chi connectivity index (χ0) is 22.4. The number of esters is 1. The molecular formula is C24H28N2O5. The first-order chi connectivity index (χ1) is 14.9. The molecule has 1 N–H and O–H groups in total. The number of carbonyl (C=O) groups is 3. The zero-order valence-electron chi connectivity index (χ0n) is 18.1. The van der Waals surface area contributed by atoms with Crippen LogP contribution in [0.1, 0.15) is 45.1 Å². The highest BCUT2D eigenvalue weighted by atomic mass is 16.5. The Morgan fingerprint density at radius 3 is 2.61 bits per heavy atom. The molecule has 3 rings (SSSR count). The number of carbonyl (C=O) groups excluding carboxylic acids is 3. The van der Waals surface area contributed by atoms with Crippen LogP contribution in [0, 0.1) is 0 Å². The van der Waals surface area contributed by atoms with Gasteiger partial charge in [0.25, 0.3) is 5.91 Å². The molecule has 2 atom stereocenters. The van der Waals surface area contributed by atoms with Gasteiger partial charge in [0.1, 0.15) is 12.3 Å². The first-order valence-electron chi connectivity index (χ1n) is 10.5. The van der Waals surface area contributed by atoms with E-state index in [0.717, 1.165) is 12.0 Å². The van der Waals surface area contributed by atoms with Crippen molar-refractivity contribution in [3.8, 4) is 5.75 Å². The average molecular weight is 424 g/mol. The van der Waals surface area contributed by atoms with Crippen LogP contribution in [0.25, 0.3) is 0 Å². The van der Waals surface area contributed by atoms with Gasteiger partial charge >= 0.3 is 5.97 Å². The summed E-state index contributed by atoms with van der Waals surface area (Å²) < 4.78 is 10.9. The van der Waals surface area contributed by atoms with E-state index < -0.39 is 18.0 Å². The van der Waals surface area contributed by atoms with Crippen molar-refractivity contribution in [2.24, 2.45) is 0 Å². The molecular weight excluding hydrogens is 396 g/mol. The van der Waals surface area contributed by atoms with E-state index in [1.54, 1.807) is 24.3 Å². The molecule has 164 valence electrons. The Morgan fingerprint density at radius 2 is 1.84 bits per heavy atom. The largest absolute Gasteiger partial charge is 0.491 e. The SMILES string of the molecule is CC[C@H](C)c1ccccc1NC(=O)[C@H](C)OC(=O)CN1C(=O)CCOc2ccccc21. The van der Waals surface area contributed by atoms with Crippen molar-refractivity contribution in [2.45, 2.75) is 45.6 Å². The number of hydrogen-bond donors (Lipinski definition) is 1. The van der Waals surface area contributed by atoms with Crippen LogP contribution in [0.4, 0.5) is 11.4 Å². The molecule has 2 aromatic rings. The van der Waals surface area contributed by atoms with Crippen molar-refractivity contribution in [3.05, 3.63) is 54.1 Å². The lowest BCUT2D eigenvalue weighted by Crippen LogP contribution is -2.39. The molecule has 7 nitrogen and oxygen atoms in total. The van der Waals surface area contributed by atoms with Crippen LogP contribution in [0.3, 0.4) is 0 Å². The zero-order valence-corrected chi connectivity index (χ0v) is 18.1. The molecule has 0 radical (unpaired) electrons. The van der Waals surface area contributed by atoms with Gasteiger partial charge in [-0.2, -0.15) is 0 Å². The van der Waals surface area contributed by atoms with Crippen molar-refractivity contribution >= 4 is 29.2 Å². The molecule has 0 aliphatic carbocycles. The standard InChI is InChI=1S/C24H28N2O5/c1-4-16(2)18-9-5-6-10-19(18)25-24(29)17(3)31-23(28)15-26-20-11-7-8-12-21(20)30-14-13-22(26)27/h5-12,16-17H,4,13-15H2,1-3H3,(H,25,29)/t16-,17-/m0/s1. The Kier molecular flexibility index (Phi) is 7.28. The minimum absolute atomic E-state index is 0.157. The van der Waals surface area contributed by atoms with Crippen molar-refractivity contribution in [1.29, 1.82) is 0 Å². The van der Waals surface area contributed by atoms with Crippen molar-refractivity contribution < 1.29 is 23.9 Å². The lowest BCUT2D eigenvalue weighted by Gasteiger charge is -2.22. The quantitative estimate of drug-likeness (QED) is 0.682. The minimum atomic E-state index is -1.01. The molecule has 31 heavy (non-hydrogen) atoms. The number of nitrogens with one attached hydrogen (secondary N) is 1. The van der Waals surface area contributed by atoms with Gasteiger partial charge in [0.15, 0.2) is 6.10 Å². The van der Waals surface area contributed by atoms with E-state index in [2.05, 4.69) is 19.2 Å². The Balaban J connectivity index is 1.65. The first kappa shape index (κ1) is 22.3. The molecule has 0 bridgehead atoms. The summed E-state index contributed by atoms with van der Waals surface area (Å²) in [6.45, 7) is 5.64. The Bertz CT molecular complexity index is 958. The molecule has 1 aliphatic heterocycles. The van der Waals surface area contributed by atoms with Gasteiger partial charge in [-0.3, -0.25) is 19.3 Å². The Hall–Kier alpha value is -3.35. The lowest BCUT2D eigenvalue weighted by molar-refractivity contribution is -0.152. The van der Waals surface area contributed by atoms with Gasteiger partial charge in [0.2, 0.25) is 5.91 Å². The highest BCUT2D eigenvalue weighted by Crippen LogP contribution is 2.31. The van der Waals surface area contributed by atoms with E-state index in [1.807, 2.05) is 24.3 Å². The second kappa shape index (κ2) is 10.1. The van der Waals surface area contributed by atoms with Crippen molar-refractivity contribution in [1.82, 2.24) is 0 Å². The monoisotopic (exact) mass is 424 g/mol. The fraction of sp³-hybridized carbons (Fsp3) is 0.375. The summed E-state index contributed by atoms with van der Waals surface area (Å²) in [6.07, 6.45) is 0.0858. The molecule has 0 aromatic heterocycles. The maximum Gasteiger partial charge on any atom is 0.326 e. The van der Waals surface area contributed by atoms with Gasteiger partial charge < -0.3 is 14.8 Å². The highest BCUT2D eigenvalue weighted by molar-refractivity contribution is 6.00. The fourth-order valence-corrected chi connectivity index (χ4v) is 3.41. The van der Waals surface area contributed by atoms with Crippen LogP contribution in [0.5, 0.6) is 5.75 Å². The number of rotatable bonds is 7. The predicted octanol–water partition coefficient (Wildman–Crippen LogP) is 3.89. The molecule has 0 saturated heterocycles. The number of nitrogens with zero attached hydrogens (tertiary/aromatic N) is 1. The van der Waals surface area contributed by atoms with Crippen molar-refractivity contribution in [3.63, 3.8) is 0 Å². The molecule has 2 aromatic carbocycles. The molecule has 2 amide bonds. The number of hydrogen-bond acceptors (Lipinski definition) is 5. The molecule has 1 aliphatic rings. The number of fused-ring (bicyclic) bond motifs is 1. The number of ether oxygens (including phenoxy) is 2. The van der Waals surface area contributed by atoms with E-state index in [1.165, 1.54) is 11.8 Å². The van der Waals surface area contributed by atoms with Crippen LogP contribution in [0.15, 0.2) is 48.5 Å². The van der Waals surface area contributed by atoms with Crippen LogP contribution in [0.2, 0.25) is 0 Å². The van der Waals surface area contributed by atoms with Crippen LogP contribution >= 0.6 is 0 Å². The lowest BCUT2D eigenvalue weighted by atomic mass is 9.97. The second-order valence-corrected chi connectivity index (χ2v) is 7.56. The predicted molar refractivity (Wildman–Crippen MR) is 118 cm³/mol. The van der Waals surface area contributed by atoms with Gasteiger partial charge in [0, 0.05) is 5.69 Å². The minimum Gasteiger partial charge on any atom is -0.491 e. The van der Waals surface area contributed by atoms with E-state index in [-0.39, 0.29) is 31.4 Å². The van der Waals surface area contributed by atoms with Gasteiger partial charge in [-0.15, -0.1) is 0 Å². The number of amides is 2. The summed E-state index contributed by atoms with van der Waals surface area (Å²) in [5.41, 5.74) is 2.25. The smallest absolute Gasteiger partial charge is 0.326 e. The van der Waals surface area contributed by atoms with Crippen molar-refractivity contribution in [2.75, 3.05) is 23.4 Å². The van der Waals surface area contributed by atoms with E-state index in [4.69, 9.17) is 9.47 Å². The first-order valence-corrected chi connectivity index (χ1v) is 10.5. The molecule has 0 fully saturated rings. The van der Waals surface area contributed by atoms with E-state index in [9.17, 15) is 14.4 Å². The summed E-state index contributed by atoms with van der Waals surface area (Å²) in [7, 11) is 0. The van der Waals surface area contributed by atoms with Gasteiger partial charge in [0.05, 0.1) is 18.7 Å². The summed E-state index contributed by atoms with van der Waals surface area (Å²) in [5, 5.41) is 2.85. The molecule has 0 spiro atoms. The van der Waals surface area contributed by atoms with Gasteiger partial charge in [-0.1, -0.05) is 44.2 Å². The van der Waals surface area contributed by atoms with Crippen LogP contribution < -0.4 is 15.0 Å². The number of anilines is 2. The van der Waals surface area contributed by atoms with Crippen LogP contribution in [-0.2, 0) is 19.1 Å². The maximum absolute atomic E-state index is 12.6. The Morgan fingerprint density at radius 1 is 1.13 bits per heavy atom. The molecule has 0 saturated carbocycles. The fourth-order valence-electron chi connectivity index (χ4n) is 3.41. The van der Waals surface area contributed by atoms with E-state index >= 15 is 0 Å². The normalized spacial score (nSPS) is 15.2. The summed E-state index contributed by atoms with van der Waals surface area (Å²) >= 11 is 0. The Labute approximate surface area is 182 Å². The number of benzene rings is 2. The summed E-state index contributed by atoms with van der Waals surface area (Å²) in [6, 6.07) is 14.6. The topological polar surface area (TPSA) is 84.9 Å². The van der Waals surface area contributed by atoms with E-state index in [0.29, 0.717) is 17.1 Å². The third-order valence-corrected chi connectivity index (χ3v) is 5.36. The second-order valence-electron chi connectivity index (χ2n) is 7.56. The molecule has 7 heteroatoms. The third kappa shape index (κ3) is 5.42. The summed E-state index contributed by atoms with van der Waals surface area (Å²) in [4.78, 5) is 39.0. The number of para-hydroxylation sites is 3. The summed E-state index contributed by atoms with van der Waals surface area (Å²) in [5.74, 6) is -0.501. The maximum atomic E-state index is 12.6. The molecule has 1 heterocycles. The van der Waals surface area contributed by atoms with Gasteiger partial charge in [-0.25, -0.2) is 0 Å².